The van der Waals surface area contributed by atoms with Crippen molar-refractivity contribution in [2.45, 2.75) is 6.61 Å². The lowest BCUT2D eigenvalue weighted by atomic mass is 10.2. The van der Waals surface area contributed by atoms with Crippen molar-refractivity contribution in [2.75, 3.05) is 0 Å². The van der Waals surface area contributed by atoms with Crippen LogP contribution < -0.4 is 10.2 Å². The van der Waals surface area contributed by atoms with Gasteiger partial charge in [-0.15, -0.1) is 0 Å². The minimum absolute atomic E-state index is 0.0910. The Bertz CT molecular complexity index is 973. The van der Waals surface area contributed by atoms with Gasteiger partial charge in [-0.05, 0) is 42.0 Å². The second-order valence-corrected chi connectivity index (χ2v) is 6.59. The van der Waals surface area contributed by atoms with Crippen molar-refractivity contribution >= 4 is 28.1 Å². The zero-order valence-corrected chi connectivity index (χ0v) is 15.9. The molecule has 0 atom stereocenters. The number of rotatable bonds is 6. The summed E-state index contributed by atoms with van der Waals surface area (Å²) in [5.41, 5.74) is 4.33. The molecular formula is C21H17BrN2O3. The number of phenolic OH excluding ortho intramolecular Hbond substituents is 1. The molecule has 2 N–H and O–H groups in total. The molecule has 1 amide bonds. The number of ether oxygens (including phenoxy) is 1. The fourth-order valence-corrected chi connectivity index (χ4v) is 2.83. The molecule has 0 aliphatic heterocycles. The van der Waals surface area contributed by atoms with Crippen molar-refractivity contribution in [3.63, 3.8) is 0 Å². The van der Waals surface area contributed by atoms with Gasteiger partial charge in [0.1, 0.15) is 18.1 Å². The topological polar surface area (TPSA) is 70.9 Å². The molecule has 0 aliphatic carbocycles. The Morgan fingerprint density at radius 1 is 1.07 bits per heavy atom. The first kappa shape index (κ1) is 18.7. The third-order valence-corrected chi connectivity index (χ3v) is 4.21. The van der Waals surface area contributed by atoms with E-state index in [9.17, 15) is 9.90 Å². The first-order valence-corrected chi connectivity index (χ1v) is 9.00. The average Bonchev–Trinajstić information content (AvgIpc) is 2.68. The number of carbonyl (C=O) groups excluding carboxylic acids is 1. The summed E-state index contributed by atoms with van der Waals surface area (Å²) in [6, 6.07) is 21.5. The second-order valence-electron chi connectivity index (χ2n) is 5.67. The molecule has 3 aromatic carbocycles. The number of benzene rings is 3. The maximum atomic E-state index is 12.4. The number of para-hydroxylation sites is 2. The molecule has 0 heterocycles. The van der Waals surface area contributed by atoms with Crippen LogP contribution in [0.4, 0.5) is 0 Å². The molecule has 0 bridgehead atoms. The number of nitrogens with one attached hydrogen (secondary N) is 1. The van der Waals surface area contributed by atoms with Crippen LogP contribution in [0.5, 0.6) is 11.5 Å². The van der Waals surface area contributed by atoms with Crippen molar-refractivity contribution in [3.8, 4) is 11.5 Å². The molecule has 0 saturated heterocycles. The Kier molecular flexibility index (Phi) is 6.22. The van der Waals surface area contributed by atoms with Crippen LogP contribution in [0.2, 0.25) is 0 Å². The molecule has 5 nitrogen and oxygen atoms in total. The van der Waals surface area contributed by atoms with Gasteiger partial charge >= 0.3 is 0 Å². The molecular weight excluding hydrogens is 408 g/mol. The fraction of sp³-hybridized carbons (Fsp3) is 0.0476. The van der Waals surface area contributed by atoms with Crippen LogP contribution in [-0.2, 0) is 6.61 Å². The third kappa shape index (κ3) is 5.18. The third-order valence-electron chi connectivity index (χ3n) is 3.72. The van der Waals surface area contributed by atoms with Gasteiger partial charge in [-0.3, -0.25) is 4.79 Å². The van der Waals surface area contributed by atoms with Gasteiger partial charge in [0, 0.05) is 10.0 Å². The molecule has 0 spiro atoms. The van der Waals surface area contributed by atoms with Gasteiger partial charge in [0.25, 0.3) is 5.91 Å². The maximum absolute atomic E-state index is 12.4. The van der Waals surface area contributed by atoms with Gasteiger partial charge < -0.3 is 9.84 Å². The maximum Gasteiger partial charge on any atom is 0.275 e. The number of amides is 1. The lowest BCUT2D eigenvalue weighted by molar-refractivity contribution is 0.0950. The molecule has 0 fully saturated rings. The van der Waals surface area contributed by atoms with Gasteiger partial charge in [-0.1, -0.05) is 52.3 Å². The van der Waals surface area contributed by atoms with E-state index in [1.165, 1.54) is 6.21 Å². The quantitative estimate of drug-likeness (QED) is 0.452. The van der Waals surface area contributed by atoms with Crippen LogP contribution in [0.1, 0.15) is 21.5 Å². The summed E-state index contributed by atoms with van der Waals surface area (Å²) in [4.78, 5) is 12.4. The van der Waals surface area contributed by atoms with Gasteiger partial charge in [-0.2, -0.15) is 5.10 Å². The zero-order chi connectivity index (χ0) is 19.1. The normalized spacial score (nSPS) is 10.7. The number of nitrogens with zero attached hydrogens (tertiary/aromatic N) is 1. The highest BCUT2D eigenvalue weighted by Gasteiger charge is 2.11. The molecule has 3 rings (SSSR count). The molecule has 0 radical (unpaired) electrons. The van der Waals surface area contributed by atoms with E-state index >= 15 is 0 Å². The van der Waals surface area contributed by atoms with Gasteiger partial charge in [-0.25, -0.2) is 5.43 Å². The van der Waals surface area contributed by atoms with E-state index in [0.717, 1.165) is 10.0 Å². The summed E-state index contributed by atoms with van der Waals surface area (Å²) >= 11 is 3.43. The molecule has 27 heavy (non-hydrogen) atoms. The zero-order valence-electron chi connectivity index (χ0n) is 14.3. The van der Waals surface area contributed by atoms with Crippen molar-refractivity contribution in [1.82, 2.24) is 5.43 Å². The summed E-state index contributed by atoms with van der Waals surface area (Å²) in [6.07, 6.45) is 1.39. The van der Waals surface area contributed by atoms with Crippen molar-refractivity contribution < 1.29 is 14.6 Å². The molecule has 0 saturated carbocycles. The van der Waals surface area contributed by atoms with E-state index in [1.807, 2.05) is 24.3 Å². The van der Waals surface area contributed by atoms with E-state index in [1.54, 1.807) is 48.5 Å². The summed E-state index contributed by atoms with van der Waals surface area (Å²) in [7, 11) is 0. The van der Waals surface area contributed by atoms with Crippen molar-refractivity contribution in [2.24, 2.45) is 5.10 Å². The van der Waals surface area contributed by atoms with Crippen LogP contribution in [0.25, 0.3) is 0 Å². The second kappa shape index (κ2) is 9.00. The summed E-state index contributed by atoms with van der Waals surface area (Å²) in [6.45, 7) is 0.338. The van der Waals surface area contributed by atoms with Crippen LogP contribution >= 0.6 is 15.9 Å². The van der Waals surface area contributed by atoms with E-state index in [-0.39, 0.29) is 5.75 Å². The molecule has 0 aromatic heterocycles. The van der Waals surface area contributed by atoms with E-state index < -0.39 is 5.91 Å². The van der Waals surface area contributed by atoms with Crippen LogP contribution in [0, 0.1) is 0 Å². The summed E-state index contributed by atoms with van der Waals surface area (Å²) in [5.74, 6) is 0.160. The van der Waals surface area contributed by atoms with Gasteiger partial charge in [0.05, 0.1) is 11.8 Å². The van der Waals surface area contributed by atoms with Gasteiger partial charge in [0.15, 0.2) is 0 Å². The van der Waals surface area contributed by atoms with Crippen molar-refractivity contribution in [1.29, 1.82) is 0 Å². The summed E-state index contributed by atoms with van der Waals surface area (Å²) < 4.78 is 6.78. The lowest BCUT2D eigenvalue weighted by Gasteiger charge is -2.10. The number of aromatic hydroxyl groups is 1. The summed E-state index contributed by atoms with van der Waals surface area (Å²) in [5, 5.41) is 13.6. The Morgan fingerprint density at radius 2 is 1.85 bits per heavy atom. The minimum Gasteiger partial charge on any atom is -0.507 e. The number of halogens is 1. The average molecular weight is 425 g/mol. The highest BCUT2D eigenvalue weighted by atomic mass is 79.9. The van der Waals surface area contributed by atoms with Gasteiger partial charge in [0.2, 0.25) is 0 Å². The van der Waals surface area contributed by atoms with E-state index in [0.29, 0.717) is 23.5 Å². The first-order valence-electron chi connectivity index (χ1n) is 8.21. The Balaban J connectivity index is 1.67. The first-order chi connectivity index (χ1) is 13.1. The number of carbonyl (C=O) groups is 1. The SMILES string of the molecule is O=C(N/N=C/c1ccccc1O)c1ccccc1OCc1cccc(Br)c1. The Hall–Kier alpha value is -3.12. The van der Waals surface area contributed by atoms with E-state index in [4.69, 9.17) is 4.74 Å². The fourth-order valence-electron chi connectivity index (χ4n) is 2.39. The van der Waals surface area contributed by atoms with Crippen molar-refractivity contribution in [3.05, 3.63) is 94.0 Å². The number of hydrogen-bond donors (Lipinski definition) is 2. The smallest absolute Gasteiger partial charge is 0.275 e. The monoisotopic (exact) mass is 424 g/mol. The lowest BCUT2D eigenvalue weighted by Crippen LogP contribution is -2.18. The predicted octanol–water partition coefficient (Wildman–Crippen LogP) is 4.50. The molecule has 6 heteroatoms. The minimum atomic E-state index is -0.397. The predicted molar refractivity (Wildman–Crippen MR) is 108 cm³/mol. The highest BCUT2D eigenvalue weighted by molar-refractivity contribution is 9.10. The molecule has 0 aliphatic rings. The number of hydrazone groups is 1. The van der Waals surface area contributed by atoms with Crippen LogP contribution in [0.15, 0.2) is 82.4 Å². The molecule has 0 unspecified atom stereocenters. The van der Waals surface area contributed by atoms with Crippen LogP contribution in [0.3, 0.4) is 0 Å². The standard InChI is InChI=1S/C21H17BrN2O3/c22-17-8-5-6-15(12-17)14-27-20-11-4-2-9-18(20)21(26)24-23-13-16-7-1-3-10-19(16)25/h1-13,25H,14H2,(H,24,26)/b23-13+. The number of phenols is 1. The highest BCUT2D eigenvalue weighted by Crippen LogP contribution is 2.20. The Morgan fingerprint density at radius 3 is 2.67 bits per heavy atom. The largest absolute Gasteiger partial charge is 0.507 e. The molecule has 136 valence electrons. The van der Waals surface area contributed by atoms with E-state index in [2.05, 4.69) is 26.5 Å². The number of hydrogen-bond acceptors (Lipinski definition) is 4. The Labute approximate surface area is 165 Å². The van der Waals surface area contributed by atoms with Crippen LogP contribution in [-0.4, -0.2) is 17.2 Å². The molecule has 3 aromatic rings.